The lowest BCUT2D eigenvalue weighted by Crippen LogP contribution is -2.36. The van der Waals surface area contributed by atoms with Crippen LogP contribution in [0.2, 0.25) is 0 Å². The van der Waals surface area contributed by atoms with Crippen molar-refractivity contribution in [3.8, 4) is 11.5 Å². The van der Waals surface area contributed by atoms with Crippen molar-refractivity contribution in [2.75, 3.05) is 32.3 Å². The predicted octanol–water partition coefficient (Wildman–Crippen LogP) is 0.856. The fourth-order valence-corrected chi connectivity index (χ4v) is 2.27. The number of esters is 1. The summed E-state index contributed by atoms with van der Waals surface area (Å²) in [6, 6.07) is 3.25. The van der Waals surface area contributed by atoms with Gasteiger partial charge in [-0.1, -0.05) is 0 Å². The molecular formula is C15H22N2O6S. The number of hydrogen-bond donors (Lipinski definition) is 3. The summed E-state index contributed by atoms with van der Waals surface area (Å²) in [7, 11) is 1.38. The highest BCUT2D eigenvalue weighted by molar-refractivity contribution is 7.98. The maximum Gasteiger partial charge on any atom is 0.323 e. The van der Waals surface area contributed by atoms with Crippen LogP contribution in [-0.2, 0) is 9.53 Å². The van der Waals surface area contributed by atoms with Crippen molar-refractivity contribution in [1.29, 1.82) is 0 Å². The summed E-state index contributed by atoms with van der Waals surface area (Å²) in [4.78, 5) is 23.6. The van der Waals surface area contributed by atoms with Crippen molar-refractivity contribution in [2.24, 2.45) is 5.73 Å². The zero-order valence-corrected chi connectivity index (χ0v) is 14.4. The van der Waals surface area contributed by atoms with E-state index in [1.807, 2.05) is 6.26 Å². The van der Waals surface area contributed by atoms with Gasteiger partial charge in [-0.3, -0.25) is 14.8 Å². The summed E-state index contributed by atoms with van der Waals surface area (Å²) in [5, 5.41) is 19.8. The van der Waals surface area contributed by atoms with Crippen LogP contribution < -0.4 is 10.5 Å². The molecule has 24 heavy (non-hydrogen) atoms. The average molecular weight is 358 g/mol. The van der Waals surface area contributed by atoms with Gasteiger partial charge in [0.05, 0.1) is 13.7 Å². The molecule has 9 heteroatoms. The Morgan fingerprint density at radius 3 is 2.71 bits per heavy atom. The number of ether oxygens (including phenoxy) is 2. The number of thioether (sulfide) groups is 1. The van der Waals surface area contributed by atoms with Gasteiger partial charge in [-0.2, -0.15) is 11.8 Å². The van der Waals surface area contributed by atoms with Crippen LogP contribution in [0.5, 0.6) is 11.5 Å². The van der Waals surface area contributed by atoms with E-state index in [2.05, 4.69) is 0 Å². The molecule has 0 aliphatic carbocycles. The quantitative estimate of drug-likeness (QED) is 0.337. The van der Waals surface area contributed by atoms with E-state index in [9.17, 15) is 19.9 Å². The molecule has 4 N–H and O–H groups in total. The third kappa shape index (κ3) is 5.91. The minimum atomic E-state index is -0.740. The van der Waals surface area contributed by atoms with E-state index in [0.717, 1.165) is 5.75 Å². The van der Waals surface area contributed by atoms with Gasteiger partial charge in [-0.25, -0.2) is 5.06 Å². The maximum absolute atomic E-state index is 12.0. The fraction of sp³-hybridized carbons (Fsp3) is 0.467. The van der Waals surface area contributed by atoms with Crippen LogP contribution >= 0.6 is 11.8 Å². The van der Waals surface area contributed by atoms with Crippen LogP contribution in [0.3, 0.4) is 0 Å². The first-order chi connectivity index (χ1) is 11.4. The Hall–Kier alpha value is -1.97. The maximum atomic E-state index is 12.0. The van der Waals surface area contributed by atoms with Gasteiger partial charge in [0, 0.05) is 5.56 Å². The largest absolute Gasteiger partial charge is 0.504 e. The molecule has 0 aliphatic heterocycles. The summed E-state index contributed by atoms with van der Waals surface area (Å²) in [6.45, 7) is -0.400. The Morgan fingerprint density at radius 2 is 2.12 bits per heavy atom. The van der Waals surface area contributed by atoms with Crippen LogP contribution in [0.1, 0.15) is 16.8 Å². The first-order valence-electron chi connectivity index (χ1n) is 7.19. The fourth-order valence-electron chi connectivity index (χ4n) is 1.78. The average Bonchev–Trinajstić information content (AvgIpc) is 2.58. The molecule has 0 unspecified atom stereocenters. The highest BCUT2D eigenvalue weighted by atomic mass is 32.2. The van der Waals surface area contributed by atoms with Gasteiger partial charge in [-0.15, -0.1) is 0 Å². The number of carbonyl (C=O) groups excluding carboxylic acids is 2. The van der Waals surface area contributed by atoms with Crippen molar-refractivity contribution >= 4 is 23.6 Å². The zero-order chi connectivity index (χ0) is 18.1. The molecule has 8 nitrogen and oxygen atoms in total. The van der Waals surface area contributed by atoms with E-state index < -0.39 is 17.9 Å². The van der Waals surface area contributed by atoms with E-state index in [0.29, 0.717) is 11.5 Å². The van der Waals surface area contributed by atoms with Gasteiger partial charge in [-0.05, 0) is 36.6 Å². The first-order valence-corrected chi connectivity index (χ1v) is 8.59. The number of phenolic OH excluding ortho intramolecular Hbond substituents is 1. The summed E-state index contributed by atoms with van der Waals surface area (Å²) in [6.07, 6.45) is 2.40. The summed E-state index contributed by atoms with van der Waals surface area (Å²) in [5.74, 6) is -0.586. The number of rotatable bonds is 9. The number of amides is 1. The minimum absolute atomic E-state index is 0.0683. The van der Waals surface area contributed by atoms with Crippen molar-refractivity contribution in [3.05, 3.63) is 23.8 Å². The Labute approximate surface area is 144 Å². The number of methoxy groups -OCH3 is 1. The molecule has 1 amide bonds. The molecule has 134 valence electrons. The van der Waals surface area contributed by atoms with Gasteiger partial charge < -0.3 is 20.3 Å². The second kappa shape index (κ2) is 10.0. The second-order valence-corrected chi connectivity index (χ2v) is 5.86. The molecule has 0 aromatic heterocycles. The lowest BCUT2D eigenvalue weighted by Gasteiger charge is -2.16. The highest BCUT2D eigenvalue weighted by Crippen LogP contribution is 2.26. The number of hydroxylamine groups is 2. The van der Waals surface area contributed by atoms with Crippen molar-refractivity contribution in [1.82, 2.24) is 5.06 Å². The predicted molar refractivity (Wildman–Crippen MR) is 89.4 cm³/mol. The van der Waals surface area contributed by atoms with E-state index in [1.54, 1.807) is 11.8 Å². The normalized spacial score (nSPS) is 11.7. The van der Waals surface area contributed by atoms with Gasteiger partial charge >= 0.3 is 5.97 Å². The molecular weight excluding hydrogens is 336 g/mol. The number of phenols is 1. The Bertz CT molecular complexity index is 569. The third-order valence-corrected chi connectivity index (χ3v) is 3.79. The van der Waals surface area contributed by atoms with Crippen molar-refractivity contribution in [2.45, 2.75) is 12.5 Å². The smallest absolute Gasteiger partial charge is 0.323 e. The molecule has 1 rings (SSSR count). The molecule has 0 saturated heterocycles. The molecule has 1 atom stereocenters. The number of nitrogens with two attached hydrogens (primary N) is 1. The van der Waals surface area contributed by atoms with Crippen LogP contribution in [0.4, 0.5) is 0 Å². The van der Waals surface area contributed by atoms with Crippen molar-refractivity contribution in [3.63, 3.8) is 0 Å². The Kier molecular flexibility index (Phi) is 8.37. The molecule has 0 radical (unpaired) electrons. The van der Waals surface area contributed by atoms with Gasteiger partial charge in [0.1, 0.15) is 12.6 Å². The van der Waals surface area contributed by atoms with Crippen LogP contribution in [0.15, 0.2) is 18.2 Å². The first kappa shape index (κ1) is 20.1. The van der Waals surface area contributed by atoms with Crippen LogP contribution in [-0.4, -0.2) is 65.6 Å². The van der Waals surface area contributed by atoms with Crippen molar-refractivity contribution < 1.29 is 29.4 Å². The SMILES string of the molecule is COc1ccc(C(=O)N(O)CCOC(=O)[C@@H](N)CCSC)cc1O. The molecule has 0 saturated carbocycles. The minimum Gasteiger partial charge on any atom is -0.504 e. The molecule has 0 spiro atoms. The number of carbonyl (C=O) groups is 2. The molecule has 0 aliphatic rings. The zero-order valence-electron chi connectivity index (χ0n) is 13.6. The summed E-state index contributed by atoms with van der Waals surface area (Å²) in [5.41, 5.74) is 5.71. The second-order valence-electron chi connectivity index (χ2n) is 4.87. The molecule has 0 bridgehead atoms. The highest BCUT2D eigenvalue weighted by Gasteiger charge is 2.18. The van der Waals surface area contributed by atoms with Crippen LogP contribution in [0.25, 0.3) is 0 Å². The molecule has 1 aromatic rings. The Morgan fingerprint density at radius 1 is 1.42 bits per heavy atom. The standard InChI is InChI=1S/C15H22N2O6S/c1-22-13-4-3-10(9-12(13)18)14(19)17(21)6-7-23-15(20)11(16)5-8-24-2/h3-4,9,11,18,21H,5-8,16H2,1-2H3/t11-/m0/s1. The Balaban J connectivity index is 2.47. The number of aromatic hydroxyl groups is 1. The van der Waals surface area contributed by atoms with E-state index in [-0.39, 0.29) is 30.2 Å². The number of nitrogens with zero attached hydrogens (tertiary/aromatic N) is 1. The lowest BCUT2D eigenvalue weighted by molar-refractivity contribution is -0.148. The van der Waals surface area contributed by atoms with E-state index >= 15 is 0 Å². The van der Waals surface area contributed by atoms with Crippen LogP contribution in [0, 0.1) is 0 Å². The van der Waals surface area contributed by atoms with Gasteiger partial charge in [0.15, 0.2) is 11.5 Å². The monoisotopic (exact) mass is 358 g/mol. The van der Waals surface area contributed by atoms with Gasteiger partial charge in [0.2, 0.25) is 0 Å². The number of benzene rings is 1. The molecule has 1 aromatic carbocycles. The third-order valence-electron chi connectivity index (χ3n) is 3.14. The number of hydrogen-bond acceptors (Lipinski definition) is 8. The van der Waals surface area contributed by atoms with E-state index in [1.165, 1.54) is 25.3 Å². The summed E-state index contributed by atoms with van der Waals surface area (Å²) >= 11 is 1.57. The molecule has 0 heterocycles. The topological polar surface area (TPSA) is 122 Å². The van der Waals surface area contributed by atoms with E-state index in [4.69, 9.17) is 15.2 Å². The molecule has 0 fully saturated rings. The van der Waals surface area contributed by atoms with Gasteiger partial charge in [0.25, 0.3) is 5.91 Å². The summed E-state index contributed by atoms with van der Waals surface area (Å²) < 4.78 is 9.79. The lowest BCUT2D eigenvalue weighted by atomic mass is 10.2.